The number of aromatic nitrogens is 2. The molecule has 1 rings (SSSR count). The van der Waals surface area contributed by atoms with Gasteiger partial charge in [0.1, 0.15) is 10.8 Å². The van der Waals surface area contributed by atoms with Crippen LogP contribution in [0, 0.1) is 5.92 Å². The highest BCUT2D eigenvalue weighted by Gasteiger charge is 2.12. The van der Waals surface area contributed by atoms with Crippen molar-refractivity contribution in [1.29, 1.82) is 0 Å². The van der Waals surface area contributed by atoms with Gasteiger partial charge in [-0.2, -0.15) is 4.37 Å². The molecule has 0 aliphatic rings. The van der Waals surface area contributed by atoms with E-state index in [-0.39, 0.29) is 0 Å². The maximum absolute atomic E-state index is 4.56. The maximum atomic E-state index is 4.56. The third kappa shape index (κ3) is 4.58. The van der Waals surface area contributed by atoms with Gasteiger partial charge in [-0.1, -0.05) is 20.8 Å². The van der Waals surface area contributed by atoms with Crippen LogP contribution in [0.25, 0.3) is 0 Å². The Kier molecular flexibility index (Phi) is 5.91. The van der Waals surface area contributed by atoms with Crippen molar-refractivity contribution in [2.75, 3.05) is 7.05 Å². The van der Waals surface area contributed by atoms with Gasteiger partial charge >= 0.3 is 0 Å². The quantitative estimate of drug-likeness (QED) is 0.797. The molecule has 1 aromatic heterocycles. The number of nitrogens with one attached hydrogen (secondary N) is 1. The summed E-state index contributed by atoms with van der Waals surface area (Å²) in [7, 11) is 2.03. The Morgan fingerprint density at radius 3 is 2.69 bits per heavy atom. The lowest BCUT2D eigenvalue weighted by atomic mass is 10.0. The van der Waals surface area contributed by atoms with E-state index in [4.69, 9.17) is 0 Å². The Balaban J connectivity index is 2.49. The standard InChI is InChI=1S/C12H23N3S/c1-5-6-11-14-12(16-15-11)8-10(13-4)7-9(2)3/h9-10,13H,5-8H2,1-4H3. The molecule has 4 heteroatoms. The molecule has 1 aromatic rings. The van der Waals surface area contributed by atoms with Crippen molar-refractivity contribution in [3.8, 4) is 0 Å². The van der Waals surface area contributed by atoms with E-state index in [1.807, 2.05) is 7.05 Å². The number of hydrogen-bond acceptors (Lipinski definition) is 4. The van der Waals surface area contributed by atoms with Gasteiger partial charge in [0.2, 0.25) is 0 Å². The van der Waals surface area contributed by atoms with Crippen LogP contribution in [-0.2, 0) is 12.8 Å². The molecule has 0 radical (unpaired) electrons. The summed E-state index contributed by atoms with van der Waals surface area (Å²) in [6, 6.07) is 0.530. The van der Waals surface area contributed by atoms with Crippen LogP contribution in [0.5, 0.6) is 0 Å². The van der Waals surface area contributed by atoms with Gasteiger partial charge in [-0.3, -0.25) is 0 Å². The van der Waals surface area contributed by atoms with Crippen LogP contribution in [-0.4, -0.2) is 22.4 Å². The summed E-state index contributed by atoms with van der Waals surface area (Å²) in [5.74, 6) is 1.74. The maximum Gasteiger partial charge on any atom is 0.142 e. The monoisotopic (exact) mass is 241 g/mol. The zero-order valence-corrected chi connectivity index (χ0v) is 11.6. The molecule has 92 valence electrons. The average Bonchev–Trinajstić information content (AvgIpc) is 2.64. The van der Waals surface area contributed by atoms with E-state index in [9.17, 15) is 0 Å². The molecule has 0 amide bonds. The smallest absolute Gasteiger partial charge is 0.142 e. The first-order valence-corrected chi connectivity index (χ1v) is 6.91. The molecule has 1 N–H and O–H groups in total. The molecule has 0 aromatic carbocycles. The summed E-state index contributed by atoms with van der Waals surface area (Å²) in [5, 5.41) is 4.53. The fourth-order valence-corrected chi connectivity index (χ4v) is 2.55. The predicted octanol–water partition coefficient (Wildman–Crippen LogP) is 2.67. The van der Waals surface area contributed by atoms with E-state index in [0.29, 0.717) is 6.04 Å². The molecule has 1 atom stereocenters. The summed E-state index contributed by atoms with van der Waals surface area (Å²) in [6.07, 6.45) is 4.33. The molecule has 0 bridgehead atoms. The highest BCUT2D eigenvalue weighted by Crippen LogP contribution is 2.13. The van der Waals surface area contributed by atoms with E-state index in [0.717, 1.165) is 31.0 Å². The van der Waals surface area contributed by atoms with Crippen molar-refractivity contribution in [3.05, 3.63) is 10.8 Å². The first-order valence-electron chi connectivity index (χ1n) is 6.14. The largest absolute Gasteiger partial charge is 0.317 e. The van der Waals surface area contributed by atoms with Gasteiger partial charge in [0.25, 0.3) is 0 Å². The van der Waals surface area contributed by atoms with Crippen molar-refractivity contribution >= 4 is 11.5 Å². The van der Waals surface area contributed by atoms with Gasteiger partial charge in [-0.15, -0.1) is 0 Å². The Morgan fingerprint density at radius 1 is 1.38 bits per heavy atom. The molecule has 16 heavy (non-hydrogen) atoms. The highest BCUT2D eigenvalue weighted by atomic mass is 32.1. The van der Waals surface area contributed by atoms with Gasteiger partial charge in [-0.25, -0.2) is 4.98 Å². The SMILES string of the molecule is CCCc1nsc(CC(CC(C)C)NC)n1. The summed E-state index contributed by atoms with van der Waals surface area (Å²) in [6.45, 7) is 6.68. The molecule has 0 fully saturated rings. The molecule has 0 spiro atoms. The third-order valence-electron chi connectivity index (χ3n) is 2.57. The van der Waals surface area contributed by atoms with E-state index in [2.05, 4.69) is 35.4 Å². The van der Waals surface area contributed by atoms with Gasteiger partial charge in [-0.05, 0) is 37.3 Å². The van der Waals surface area contributed by atoms with Gasteiger partial charge in [0.15, 0.2) is 0 Å². The minimum Gasteiger partial charge on any atom is -0.317 e. The van der Waals surface area contributed by atoms with Crippen molar-refractivity contribution < 1.29 is 0 Å². The summed E-state index contributed by atoms with van der Waals surface area (Å²) in [4.78, 5) is 4.56. The topological polar surface area (TPSA) is 37.8 Å². The van der Waals surface area contributed by atoms with Crippen molar-refractivity contribution in [2.45, 2.75) is 52.5 Å². The summed E-state index contributed by atoms with van der Waals surface area (Å²) in [5.41, 5.74) is 0. The lowest BCUT2D eigenvalue weighted by Gasteiger charge is -2.16. The second kappa shape index (κ2) is 6.97. The van der Waals surface area contributed by atoms with Crippen LogP contribution in [0.2, 0.25) is 0 Å². The highest BCUT2D eigenvalue weighted by molar-refractivity contribution is 7.05. The van der Waals surface area contributed by atoms with Gasteiger partial charge in [0, 0.05) is 18.9 Å². The van der Waals surface area contributed by atoms with Crippen LogP contribution in [0.15, 0.2) is 0 Å². The minimum absolute atomic E-state index is 0.530. The number of aryl methyl sites for hydroxylation is 1. The minimum atomic E-state index is 0.530. The van der Waals surface area contributed by atoms with Crippen LogP contribution in [0.3, 0.4) is 0 Å². The Bertz CT molecular complexity index is 296. The molecule has 3 nitrogen and oxygen atoms in total. The Hall–Kier alpha value is -0.480. The lowest BCUT2D eigenvalue weighted by Crippen LogP contribution is -2.29. The third-order valence-corrected chi connectivity index (χ3v) is 3.34. The number of nitrogens with zero attached hydrogens (tertiary/aromatic N) is 2. The molecule has 0 aliphatic heterocycles. The molecule has 0 aliphatic carbocycles. The summed E-state index contributed by atoms with van der Waals surface area (Å²) < 4.78 is 4.38. The van der Waals surface area contributed by atoms with Crippen LogP contribution in [0.1, 0.15) is 44.4 Å². The fraction of sp³-hybridized carbons (Fsp3) is 0.833. The molecule has 0 saturated carbocycles. The van der Waals surface area contributed by atoms with Crippen LogP contribution < -0.4 is 5.32 Å². The fourth-order valence-electron chi connectivity index (χ4n) is 1.78. The Morgan fingerprint density at radius 2 is 2.12 bits per heavy atom. The second-order valence-electron chi connectivity index (χ2n) is 4.67. The van der Waals surface area contributed by atoms with E-state index < -0.39 is 0 Å². The van der Waals surface area contributed by atoms with Crippen molar-refractivity contribution in [3.63, 3.8) is 0 Å². The lowest BCUT2D eigenvalue weighted by molar-refractivity contribution is 0.440. The zero-order chi connectivity index (χ0) is 12.0. The second-order valence-corrected chi connectivity index (χ2v) is 5.51. The first kappa shape index (κ1) is 13.6. The normalized spacial score (nSPS) is 13.3. The van der Waals surface area contributed by atoms with Crippen molar-refractivity contribution in [1.82, 2.24) is 14.7 Å². The molecular formula is C12H23N3S. The number of rotatable bonds is 7. The van der Waals surface area contributed by atoms with E-state index >= 15 is 0 Å². The Labute approximate surface area is 103 Å². The van der Waals surface area contributed by atoms with Crippen molar-refractivity contribution in [2.24, 2.45) is 5.92 Å². The number of likely N-dealkylation sites (N-methyl/N-ethyl adjacent to an activating group) is 1. The van der Waals surface area contributed by atoms with Crippen LogP contribution in [0.4, 0.5) is 0 Å². The van der Waals surface area contributed by atoms with Gasteiger partial charge < -0.3 is 5.32 Å². The summed E-state index contributed by atoms with van der Waals surface area (Å²) >= 11 is 1.56. The van der Waals surface area contributed by atoms with Crippen LogP contribution >= 0.6 is 11.5 Å². The zero-order valence-electron chi connectivity index (χ0n) is 10.8. The number of hydrogen-bond donors (Lipinski definition) is 1. The van der Waals surface area contributed by atoms with Gasteiger partial charge in [0.05, 0.1) is 0 Å². The molecule has 0 saturated heterocycles. The molecule has 1 unspecified atom stereocenters. The van der Waals surface area contributed by atoms with E-state index in [1.165, 1.54) is 11.4 Å². The van der Waals surface area contributed by atoms with E-state index in [1.54, 1.807) is 11.5 Å². The molecule has 1 heterocycles. The first-order chi connectivity index (χ1) is 7.65. The average molecular weight is 241 g/mol. The molecular weight excluding hydrogens is 218 g/mol. The predicted molar refractivity (Wildman–Crippen MR) is 69.9 cm³/mol.